The first-order chi connectivity index (χ1) is 6.90. The fourth-order valence-corrected chi connectivity index (χ4v) is 2.22. The van der Waals surface area contributed by atoms with Crippen molar-refractivity contribution in [2.45, 2.75) is 44.2 Å². The van der Waals surface area contributed by atoms with Crippen LogP contribution in [0, 0.1) is 5.92 Å². The normalized spacial score (nSPS) is 29.0. The Hall–Kier alpha value is -0.340. The summed E-state index contributed by atoms with van der Waals surface area (Å²) in [5.74, 6) is 0.940. The summed E-state index contributed by atoms with van der Waals surface area (Å²) in [5, 5.41) is 3.74. The average molecular weight is 195 g/mol. The van der Waals surface area contributed by atoms with Crippen LogP contribution in [0.25, 0.3) is 0 Å². The van der Waals surface area contributed by atoms with E-state index in [1.165, 1.54) is 25.7 Å². The molecule has 0 radical (unpaired) electrons. The maximum atomic E-state index is 5.38. The molecular weight excluding hydrogens is 174 g/mol. The third kappa shape index (κ3) is 2.82. The summed E-state index contributed by atoms with van der Waals surface area (Å²) >= 11 is 0. The molecule has 1 saturated carbocycles. The van der Waals surface area contributed by atoms with Gasteiger partial charge in [0.1, 0.15) is 0 Å². The van der Waals surface area contributed by atoms with Crippen LogP contribution in [-0.2, 0) is 4.74 Å². The van der Waals surface area contributed by atoms with Crippen molar-refractivity contribution < 1.29 is 4.74 Å². The van der Waals surface area contributed by atoms with Crippen molar-refractivity contribution in [3.63, 3.8) is 0 Å². The second-order valence-electron chi connectivity index (χ2n) is 4.54. The Labute approximate surface area is 86.7 Å². The molecule has 0 bridgehead atoms. The lowest BCUT2D eigenvalue weighted by molar-refractivity contribution is 0.186. The van der Waals surface area contributed by atoms with Gasteiger partial charge in [-0.2, -0.15) is 0 Å². The minimum absolute atomic E-state index is 0.616. The van der Waals surface area contributed by atoms with Crippen LogP contribution in [0.15, 0.2) is 12.7 Å². The molecule has 2 fully saturated rings. The number of nitrogens with one attached hydrogen (secondary N) is 1. The van der Waals surface area contributed by atoms with Gasteiger partial charge in [-0.15, -0.1) is 6.58 Å². The van der Waals surface area contributed by atoms with E-state index in [-0.39, 0.29) is 0 Å². The summed E-state index contributed by atoms with van der Waals surface area (Å²) in [4.78, 5) is 0. The van der Waals surface area contributed by atoms with Crippen molar-refractivity contribution in [3.05, 3.63) is 12.7 Å². The molecule has 1 saturated heterocycles. The van der Waals surface area contributed by atoms with E-state index in [2.05, 4.69) is 11.9 Å². The summed E-state index contributed by atoms with van der Waals surface area (Å²) in [6.45, 7) is 5.65. The van der Waals surface area contributed by atoms with E-state index < -0.39 is 0 Å². The average Bonchev–Trinajstić information content (AvgIpc) is 2.92. The second-order valence-corrected chi connectivity index (χ2v) is 4.54. The molecule has 2 heteroatoms. The van der Waals surface area contributed by atoms with Gasteiger partial charge in [-0.05, 0) is 38.0 Å². The zero-order valence-electron chi connectivity index (χ0n) is 8.87. The van der Waals surface area contributed by atoms with Crippen LogP contribution in [0.5, 0.6) is 0 Å². The molecule has 0 aromatic heterocycles. The molecule has 0 amide bonds. The number of hydrogen-bond donors (Lipinski definition) is 1. The summed E-state index contributed by atoms with van der Waals surface area (Å²) < 4.78 is 5.38. The first-order valence-electron chi connectivity index (χ1n) is 5.85. The van der Waals surface area contributed by atoms with Crippen LogP contribution in [0.1, 0.15) is 32.1 Å². The van der Waals surface area contributed by atoms with E-state index in [0.29, 0.717) is 6.04 Å². The van der Waals surface area contributed by atoms with Crippen molar-refractivity contribution in [1.82, 2.24) is 5.32 Å². The first-order valence-corrected chi connectivity index (χ1v) is 5.85. The van der Waals surface area contributed by atoms with Gasteiger partial charge >= 0.3 is 0 Å². The Balaban J connectivity index is 1.74. The second kappa shape index (κ2) is 4.94. The third-order valence-corrected chi connectivity index (χ3v) is 3.25. The molecule has 1 aliphatic heterocycles. The monoisotopic (exact) mass is 195 g/mol. The molecular formula is C12H21NO. The number of hydrogen-bond acceptors (Lipinski definition) is 2. The highest BCUT2D eigenvalue weighted by Gasteiger charge is 2.32. The van der Waals surface area contributed by atoms with Crippen molar-refractivity contribution in [2.75, 3.05) is 13.2 Å². The van der Waals surface area contributed by atoms with E-state index in [4.69, 9.17) is 4.74 Å². The van der Waals surface area contributed by atoms with Crippen LogP contribution >= 0.6 is 0 Å². The van der Waals surface area contributed by atoms with E-state index in [1.54, 1.807) is 0 Å². The maximum Gasteiger partial charge on any atom is 0.0620 e. The molecule has 2 atom stereocenters. The zero-order valence-corrected chi connectivity index (χ0v) is 8.87. The quantitative estimate of drug-likeness (QED) is 0.655. The Morgan fingerprint density at radius 2 is 2.29 bits per heavy atom. The van der Waals surface area contributed by atoms with Gasteiger partial charge in [0, 0.05) is 18.7 Å². The molecule has 1 N–H and O–H groups in total. The Bertz CT molecular complexity index is 183. The zero-order chi connectivity index (χ0) is 9.80. The van der Waals surface area contributed by atoms with Crippen LogP contribution in [0.4, 0.5) is 0 Å². The number of allylic oxidation sites excluding steroid dienone is 1. The maximum absolute atomic E-state index is 5.38. The molecule has 80 valence electrons. The molecule has 0 aromatic carbocycles. The molecule has 14 heavy (non-hydrogen) atoms. The lowest BCUT2D eigenvalue weighted by atomic mass is 10.0. The van der Waals surface area contributed by atoms with E-state index in [1.807, 2.05) is 6.08 Å². The van der Waals surface area contributed by atoms with Gasteiger partial charge < -0.3 is 10.1 Å². The molecule has 0 aromatic rings. The fraction of sp³-hybridized carbons (Fsp3) is 0.833. The van der Waals surface area contributed by atoms with E-state index in [9.17, 15) is 0 Å². The lowest BCUT2D eigenvalue weighted by Crippen LogP contribution is -2.39. The van der Waals surface area contributed by atoms with Crippen LogP contribution in [-0.4, -0.2) is 25.3 Å². The third-order valence-electron chi connectivity index (χ3n) is 3.25. The van der Waals surface area contributed by atoms with Gasteiger partial charge in [-0.3, -0.25) is 0 Å². The van der Waals surface area contributed by atoms with Gasteiger partial charge in [-0.1, -0.05) is 6.08 Å². The predicted octanol–water partition coefficient (Wildman–Crippen LogP) is 2.11. The molecule has 2 unspecified atom stereocenters. The molecule has 0 spiro atoms. The van der Waals surface area contributed by atoms with Crippen LogP contribution in [0.2, 0.25) is 0 Å². The van der Waals surface area contributed by atoms with Crippen LogP contribution in [0.3, 0.4) is 0 Å². The standard InChI is InChI=1S/C12H21NO/c1-2-3-4-12(10-5-6-10)13-11-7-8-14-9-11/h2,10-13H,1,3-9H2. The summed E-state index contributed by atoms with van der Waals surface area (Å²) in [6.07, 6.45) is 8.46. The highest BCUT2D eigenvalue weighted by molar-refractivity contribution is 4.90. The Kier molecular flexibility index (Phi) is 3.60. The summed E-state index contributed by atoms with van der Waals surface area (Å²) in [5.41, 5.74) is 0. The fourth-order valence-electron chi connectivity index (χ4n) is 2.22. The first kappa shape index (κ1) is 10.2. The van der Waals surface area contributed by atoms with E-state index >= 15 is 0 Å². The molecule has 2 nitrogen and oxygen atoms in total. The van der Waals surface area contributed by atoms with Gasteiger partial charge in [0.05, 0.1) is 6.61 Å². The molecule has 2 aliphatic rings. The topological polar surface area (TPSA) is 21.3 Å². The lowest BCUT2D eigenvalue weighted by Gasteiger charge is -2.21. The molecule has 1 heterocycles. The van der Waals surface area contributed by atoms with Crippen LogP contribution < -0.4 is 5.32 Å². The summed E-state index contributed by atoms with van der Waals surface area (Å²) in [6, 6.07) is 1.34. The smallest absolute Gasteiger partial charge is 0.0620 e. The van der Waals surface area contributed by atoms with E-state index in [0.717, 1.165) is 31.6 Å². The minimum atomic E-state index is 0.616. The molecule has 2 rings (SSSR count). The van der Waals surface area contributed by atoms with Gasteiger partial charge in [0.25, 0.3) is 0 Å². The molecule has 1 aliphatic carbocycles. The highest BCUT2D eigenvalue weighted by Crippen LogP contribution is 2.35. The van der Waals surface area contributed by atoms with Crippen molar-refractivity contribution in [1.29, 1.82) is 0 Å². The Morgan fingerprint density at radius 1 is 1.43 bits per heavy atom. The minimum Gasteiger partial charge on any atom is -0.380 e. The summed E-state index contributed by atoms with van der Waals surface area (Å²) in [7, 11) is 0. The number of rotatable bonds is 6. The van der Waals surface area contributed by atoms with Crippen molar-refractivity contribution in [2.24, 2.45) is 5.92 Å². The largest absolute Gasteiger partial charge is 0.380 e. The van der Waals surface area contributed by atoms with Gasteiger partial charge in [-0.25, -0.2) is 0 Å². The number of ether oxygens (including phenoxy) is 1. The highest BCUT2D eigenvalue weighted by atomic mass is 16.5. The SMILES string of the molecule is C=CCCC(NC1CCOC1)C1CC1. The van der Waals surface area contributed by atoms with Crippen molar-refractivity contribution >= 4 is 0 Å². The van der Waals surface area contributed by atoms with Gasteiger partial charge in [0.2, 0.25) is 0 Å². The Morgan fingerprint density at radius 3 is 2.86 bits per heavy atom. The van der Waals surface area contributed by atoms with Gasteiger partial charge in [0.15, 0.2) is 0 Å². The van der Waals surface area contributed by atoms with Crippen molar-refractivity contribution in [3.8, 4) is 0 Å². The predicted molar refractivity (Wildman–Crippen MR) is 58.3 cm³/mol.